The predicted octanol–water partition coefficient (Wildman–Crippen LogP) is 12.1. The van der Waals surface area contributed by atoms with E-state index in [-0.39, 0.29) is 7.35 Å². The fourth-order valence-corrected chi connectivity index (χ4v) is 51.8. The standard InChI is InChI=1S/C20H15.C18H16N.C2H6Si.2ClH.Hf/c1-14-12-16-8-5-11-19(20(16)13-14)18-10-4-7-15-6-2-3-9-17(15)18;1-13-11-15-6-4-8-18(16(15)12-13)19-10-9-14-5-2-3-7-17(14)19;1-3-2;;;/h2-13H,1H3;2-8,11-12H,9-10H2,1H3;1-2H3;2*1H;/q;;;;;+2/p-2. The molecule has 1 aliphatic heterocycles. The van der Waals surface area contributed by atoms with Gasteiger partial charge in [-0.25, -0.2) is 0 Å². The Morgan fingerprint density at radius 2 is 1.22 bits per heavy atom. The van der Waals surface area contributed by atoms with Crippen molar-refractivity contribution in [2.24, 2.45) is 0 Å². The third-order valence-corrected chi connectivity index (χ3v) is 76.9. The summed E-state index contributed by atoms with van der Waals surface area (Å²) in [6.07, 6.45) is 5.90. The van der Waals surface area contributed by atoms with E-state index in [9.17, 15) is 0 Å². The topological polar surface area (TPSA) is 3.24 Å². The minimum absolute atomic E-state index is 0.0783. The molecule has 224 valence electrons. The normalized spacial score (nSPS) is 18.9. The molecule has 5 heteroatoms. The van der Waals surface area contributed by atoms with Gasteiger partial charge in [0.25, 0.3) is 0 Å². The molecule has 0 N–H and O–H groups in total. The third kappa shape index (κ3) is 4.27. The zero-order valence-electron chi connectivity index (χ0n) is 26.2. The van der Waals surface area contributed by atoms with Crippen LogP contribution in [-0.4, -0.2) is 12.0 Å². The van der Waals surface area contributed by atoms with E-state index in [0.29, 0.717) is 0 Å². The molecule has 45 heavy (non-hydrogen) atoms. The van der Waals surface area contributed by atoms with Crippen molar-refractivity contribution in [3.05, 3.63) is 142 Å². The Hall–Kier alpha value is -2.69. The van der Waals surface area contributed by atoms with Crippen LogP contribution in [0.5, 0.6) is 0 Å². The van der Waals surface area contributed by atoms with Crippen molar-refractivity contribution >= 4 is 56.9 Å². The molecule has 2 aliphatic carbocycles. The number of allylic oxidation sites excluding steroid dienone is 2. The van der Waals surface area contributed by atoms with Crippen molar-refractivity contribution in [3.63, 3.8) is 0 Å². The van der Waals surface area contributed by atoms with Gasteiger partial charge in [0.1, 0.15) is 0 Å². The fraction of sp³-hybridized carbons (Fsp3) is 0.200. The summed E-state index contributed by atoms with van der Waals surface area (Å²) >= 11 is -4.94. The van der Waals surface area contributed by atoms with E-state index >= 15 is 0 Å². The number of hydrogen-bond donors (Lipinski definition) is 0. The zero-order chi connectivity index (χ0) is 31.1. The molecule has 0 fully saturated rings. The van der Waals surface area contributed by atoms with Crippen molar-refractivity contribution in [1.29, 1.82) is 0 Å². The molecule has 0 spiro atoms. The Labute approximate surface area is 275 Å². The van der Waals surface area contributed by atoms with Gasteiger partial charge in [-0.1, -0.05) is 0 Å². The third-order valence-electron chi connectivity index (χ3n) is 10.8. The summed E-state index contributed by atoms with van der Waals surface area (Å²) in [5.74, 6) is 0. The first kappa shape index (κ1) is 29.7. The summed E-state index contributed by atoms with van der Waals surface area (Å²) in [4.78, 5) is 2.50. The number of nitrogens with zero attached hydrogens (tertiary/aromatic N) is 1. The van der Waals surface area contributed by atoms with Gasteiger partial charge in [-0.15, -0.1) is 0 Å². The monoisotopic (exact) mass is 809 g/mol. The van der Waals surface area contributed by atoms with Crippen LogP contribution in [0.3, 0.4) is 0 Å². The van der Waals surface area contributed by atoms with Crippen LogP contribution in [0.2, 0.25) is 13.1 Å². The van der Waals surface area contributed by atoms with Gasteiger partial charge in [0.05, 0.1) is 0 Å². The molecule has 0 saturated carbocycles. The fourth-order valence-electron chi connectivity index (χ4n) is 8.76. The van der Waals surface area contributed by atoms with Crippen LogP contribution < -0.4 is 4.90 Å². The van der Waals surface area contributed by atoms with Crippen molar-refractivity contribution in [1.82, 2.24) is 0 Å². The van der Waals surface area contributed by atoms with Crippen LogP contribution in [0, 0.1) is 0 Å². The van der Waals surface area contributed by atoms with Crippen LogP contribution in [-0.2, 0) is 21.2 Å². The molecule has 1 heterocycles. The maximum absolute atomic E-state index is 8.51. The second kappa shape index (κ2) is 10.7. The molecule has 5 aromatic carbocycles. The Morgan fingerprint density at radius 1 is 0.644 bits per heavy atom. The molecule has 1 nitrogen and oxygen atoms in total. The zero-order valence-corrected chi connectivity index (χ0v) is 32.3. The maximum atomic E-state index is 8.51. The SMILES string of the molecule is CC1=Cc2c(-c3cccc4ccccc34)cccc2[CH]1[Hf]([Cl])([Cl])([CH]1C(C)=Cc2c1cccc2N1CCc2ccccc21)=[Si](C)C. The summed E-state index contributed by atoms with van der Waals surface area (Å²) in [5.41, 5.74) is 13.4. The summed E-state index contributed by atoms with van der Waals surface area (Å²) < 4.78 is 0.164. The molecule has 8 rings (SSSR count). The molecule has 2 atom stereocenters. The second-order valence-electron chi connectivity index (χ2n) is 13.4. The Balaban J connectivity index is 1.31. The van der Waals surface area contributed by atoms with Crippen LogP contribution in [0.4, 0.5) is 11.4 Å². The molecule has 3 aliphatic rings. The Morgan fingerprint density at radius 3 is 2.00 bits per heavy atom. The summed E-state index contributed by atoms with van der Waals surface area (Å²) in [6.45, 7) is 10.4. The van der Waals surface area contributed by atoms with Gasteiger partial charge in [0.2, 0.25) is 0 Å². The molecule has 0 amide bonds. The molecule has 0 aromatic heterocycles. The number of anilines is 2. The predicted molar refractivity (Wildman–Crippen MR) is 195 cm³/mol. The molecule has 0 bridgehead atoms. The van der Waals surface area contributed by atoms with E-state index in [1.54, 1.807) is 0 Å². The molecule has 5 aromatic rings. The molecule has 0 radical (unpaired) electrons. The minimum atomic E-state index is -4.94. The average molecular weight is 809 g/mol. The van der Waals surface area contributed by atoms with E-state index in [2.05, 4.69) is 147 Å². The van der Waals surface area contributed by atoms with Gasteiger partial charge < -0.3 is 0 Å². The van der Waals surface area contributed by atoms with Crippen molar-refractivity contribution in [2.75, 3.05) is 11.4 Å². The van der Waals surface area contributed by atoms with Gasteiger partial charge >= 0.3 is 277 Å². The Kier molecular flexibility index (Phi) is 7.04. The quantitative estimate of drug-likeness (QED) is 0.164. The molecule has 0 saturated heterocycles. The number of benzene rings is 5. The van der Waals surface area contributed by atoms with Gasteiger partial charge in [-0.2, -0.15) is 0 Å². The van der Waals surface area contributed by atoms with Crippen molar-refractivity contribution in [3.8, 4) is 11.1 Å². The van der Waals surface area contributed by atoms with E-state index in [1.807, 2.05) is 0 Å². The van der Waals surface area contributed by atoms with Crippen LogP contribution in [0.25, 0.3) is 34.1 Å². The number of halogens is 2. The molecular formula is C40H37Cl2HfNSi. The van der Waals surface area contributed by atoms with E-state index < -0.39 is 20.3 Å². The second-order valence-corrected chi connectivity index (χ2v) is 67.6. The molecular weight excluding hydrogens is 772 g/mol. The van der Waals surface area contributed by atoms with Crippen molar-refractivity contribution < 1.29 is 14.8 Å². The van der Waals surface area contributed by atoms with Crippen molar-refractivity contribution in [2.45, 2.75) is 40.7 Å². The van der Waals surface area contributed by atoms with Gasteiger partial charge in [-0.3, -0.25) is 0 Å². The van der Waals surface area contributed by atoms with E-state index in [0.717, 1.165) is 13.0 Å². The van der Waals surface area contributed by atoms with Gasteiger partial charge in [0.15, 0.2) is 0 Å². The summed E-state index contributed by atoms with van der Waals surface area (Å²) in [5, 5.41) is 2.54. The van der Waals surface area contributed by atoms with Crippen LogP contribution >= 0.6 is 17.2 Å². The Bertz CT molecular complexity index is 2190. The number of hydrogen-bond acceptors (Lipinski definition) is 1. The first-order chi connectivity index (χ1) is 21.7. The number of fused-ring (bicyclic) bond motifs is 4. The first-order valence-electron chi connectivity index (χ1n) is 16.0. The first-order valence-corrected chi connectivity index (χ1v) is 37.0. The number of para-hydroxylation sites is 1. The summed E-state index contributed by atoms with van der Waals surface area (Å²) in [6, 6.07) is 37.8. The summed E-state index contributed by atoms with van der Waals surface area (Å²) in [7, 11) is 17.0. The van der Waals surface area contributed by atoms with Gasteiger partial charge in [-0.05, 0) is 0 Å². The van der Waals surface area contributed by atoms with Crippen LogP contribution in [0.15, 0.2) is 114 Å². The van der Waals surface area contributed by atoms with E-state index in [1.165, 1.54) is 72.2 Å². The van der Waals surface area contributed by atoms with Crippen LogP contribution in [0.1, 0.15) is 49.0 Å². The van der Waals surface area contributed by atoms with Gasteiger partial charge in [0, 0.05) is 0 Å². The average Bonchev–Trinajstić information content (AvgIpc) is 3.73. The van der Waals surface area contributed by atoms with E-state index in [4.69, 9.17) is 17.2 Å². The number of rotatable bonds is 4. The molecule has 2 unspecified atom stereocenters.